The van der Waals surface area contributed by atoms with Crippen molar-refractivity contribution in [2.75, 3.05) is 67.1 Å². The molecule has 1 N–H and O–H groups in total. The average Bonchev–Trinajstić information content (AvgIpc) is 4.15. The summed E-state index contributed by atoms with van der Waals surface area (Å²) in [5, 5.41) is 3.29. The summed E-state index contributed by atoms with van der Waals surface area (Å²) in [6, 6.07) is 24.1. The number of rotatable bonds is 5. The topological polar surface area (TPSA) is 106 Å². The number of hydrogen-bond acceptors (Lipinski definition) is 12. The summed E-state index contributed by atoms with van der Waals surface area (Å²) in [4.78, 5) is 30.4. The van der Waals surface area contributed by atoms with E-state index in [-0.39, 0.29) is 0 Å². The van der Waals surface area contributed by atoms with Crippen LogP contribution in [0.3, 0.4) is 0 Å². The minimum absolute atomic E-state index is 0.691. The van der Waals surface area contributed by atoms with Gasteiger partial charge in [0.2, 0.25) is 11.3 Å². The number of likely N-dealkylation sites (tertiary alicyclic amines) is 2. The van der Waals surface area contributed by atoms with Crippen LogP contribution in [0.2, 0.25) is 0 Å². The zero-order chi connectivity index (χ0) is 41.0. The number of hydrogen-bond donors (Lipinski definition) is 1. The van der Waals surface area contributed by atoms with Gasteiger partial charge in [0, 0.05) is 87.2 Å². The maximum atomic E-state index is 6.18. The molecule has 12 nitrogen and oxygen atoms in total. The van der Waals surface area contributed by atoms with E-state index in [4.69, 9.17) is 13.8 Å². The van der Waals surface area contributed by atoms with Gasteiger partial charge in [0.1, 0.15) is 0 Å². The minimum atomic E-state index is 0.691. The summed E-state index contributed by atoms with van der Waals surface area (Å²) >= 11 is 3.42. The maximum absolute atomic E-state index is 6.18. The van der Waals surface area contributed by atoms with Gasteiger partial charge in [-0.3, -0.25) is 0 Å². The Labute approximate surface area is 367 Å². The van der Waals surface area contributed by atoms with Crippen molar-refractivity contribution in [1.29, 1.82) is 0 Å². The lowest BCUT2D eigenvalue weighted by Gasteiger charge is -2.39. The Bertz CT molecular complexity index is 2330. The van der Waals surface area contributed by atoms with Gasteiger partial charge in [0.15, 0.2) is 11.2 Å². The first-order valence-electron chi connectivity index (χ1n) is 22.9. The number of fused-ring (bicyclic) bond motifs is 4. The monoisotopic (exact) mass is 886 g/mol. The molecule has 10 heterocycles. The highest BCUT2D eigenvalue weighted by Gasteiger charge is 2.29. The molecule has 6 aliphatic rings. The summed E-state index contributed by atoms with van der Waals surface area (Å²) in [5.41, 5.74) is 9.75. The molecule has 0 aliphatic carbocycles. The van der Waals surface area contributed by atoms with Crippen LogP contribution in [-0.4, -0.2) is 94.2 Å². The lowest BCUT2D eigenvalue weighted by Crippen LogP contribution is -2.46. The molecule has 4 fully saturated rings. The van der Waals surface area contributed by atoms with E-state index in [1.54, 1.807) is 6.20 Å². The van der Waals surface area contributed by atoms with Crippen molar-refractivity contribution in [3.8, 4) is 0 Å². The fourth-order valence-electron chi connectivity index (χ4n) is 10.2. The summed E-state index contributed by atoms with van der Waals surface area (Å²) in [7, 11) is 0. The Hall–Kier alpha value is -4.56. The van der Waals surface area contributed by atoms with Crippen molar-refractivity contribution in [3.63, 3.8) is 0 Å². The molecule has 12 rings (SSSR count). The van der Waals surface area contributed by atoms with Crippen molar-refractivity contribution in [2.45, 2.75) is 102 Å². The Kier molecular flexibility index (Phi) is 12.5. The van der Waals surface area contributed by atoms with Crippen LogP contribution >= 0.6 is 15.9 Å². The highest BCUT2D eigenvalue weighted by molar-refractivity contribution is 9.10. The van der Waals surface area contributed by atoms with E-state index < -0.39 is 0 Å². The summed E-state index contributed by atoms with van der Waals surface area (Å²) in [5.74, 6) is 0. The van der Waals surface area contributed by atoms with E-state index in [1.807, 2.05) is 12.3 Å². The third-order valence-corrected chi connectivity index (χ3v) is 14.1. The minimum Gasteiger partial charge on any atom is -0.422 e. The second kappa shape index (κ2) is 18.8. The van der Waals surface area contributed by atoms with Crippen LogP contribution < -0.4 is 20.0 Å². The maximum Gasteiger partial charge on any atom is 0.299 e. The lowest BCUT2D eigenvalue weighted by molar-refractivity contribution is 0.140. The zero-order valence-corrected chi connectivity index (χ0v) is 36.9. The molecule has 320 valence electrons. The SMILES string of the molecule is Brc1cnc2nc(N3CCC(N4CCCCC4)CC3)oc2c1.c1ccc2c(c1)CN(c1cnc3nc(N4CCC(N5CCCCC5)CC4)oc3c1)C2.c1ccc2c(c1)CNC2. The summed E-state index contributed by atoms with van der Waals surface area (Å²) < 4.78 is 13.0. The van der Waals surface area contributed by atoms with Crippen molar-refractivity contribution in [1.82, 2.24) is 35.1 Å². The Morgan fingerprint density at radius 1 is 0.525 bits per heavy atom. The average molecular weight is 888 g/mol. The molecular formula is C48H59BrN10O2. The highest BCUT2D eigenvalue weighted by atomic mass is 79.9. The highest BCUT2D eigenvalue weighted by Crippen LogP contribution is 2.32. The van der Waals surface area contributed by atoms with Gasteiger partial charge in [-0.2, -0.15) is 9.97 Å². The Morgan fingerprint density at radius 2 is 0.984 bits per heavy atom. The van der Waals surface area contributed by atoms with E-state index in [1.165, 1.54) is 113 Å². The largest absolute Gasteiger partial charge is 0.422 e. The van der Waals surface area contributed by atoms with Gasteiger partial charge in [-0.15, -0.1) is 0 Å². The van der Waals surface area contributed by atoms with Crippen LogP contribution in [0.4, 0.5) is 17.7 Å². The predicted molar refractivity (Wildman–Crippen MR) is 246 cm³/mol. The van der Waals surface area contributed by atoms with Crippen molar-refractivity contribution >= 4 is 56.1 Å². The Morgan fingerprint density at radius 3 is 1.49 bits per heavy atom. The number of benzene rings is 2. The van der Waals surface area contributed by atoms with Crippen molar-refractivity contribution in [3.05, 3.63) is 99.8 Å². The van der Waals surface area contributed by atoms with Gasteiger partial charge in [-0.25, -0.2) is 9.97 Å². The van der Waals surface area contributed by atoms with E-state index >= 15 is 0 Å². The van der Waals surface area contributed by atoms with Crippen molar-refractivity contribution in [2.24, 2.45) is 0 Å². The molecule has 0 unspecified atom stereocenters. The molecule has 0 saturated carbocycles. The van der Waals surface area contributed by atoms with Gasteiger partial charge in [0.25, 0.3) is 12.0 Å². The number of pyridine rings is 2. The smallest absolute Gasteiger partial charge is 0.299 e. The first-order valence-corrected chi connectivity index (χ1v) is 23.6. The molecule has 13 heteroatoms. The number of piperidine rings is 4. The van der Waals surface area contributed by atoms with Crippen LogP contribution in [0.15, 0.2) is 86.4 Å². The van der Waals surface area contributed by atoms with Crippen molar-refractivity contribution < 1.29 is 8.83 Å². The van der Waals surface area contributed by atoms with Crippen LogP contribution in [0, 0.1) is 0 Å². The fraction of sp³-hybridized carbons (Fsp3) is 0.500. The number of aromatic nitrogens is 4. The molecule has 0 bridgehead atoms. The van der Waals surface area contributed by atoms with Crippen LogP contribution in [0.25, 0.3) is 22.5 Å². The third-order valence-electron chi connectivity index (χ3n) is 13.7. The quantitative estimate of drug-likeness (QED) is 0.179. The van der Waals surface area contributed by atoms with Gasteiger partial charge in [-0.05, 0) is 116 Å². The summed E-state index contributed by atoms with van der Waals surface area (Å²) in [6.07, 6.45) is 16.8. The van der Waals surface area contributed by atoms with Gasteiger partial charge in [0.05, 0.1) is 11.9 Å². The number of halogens is 1. The molecule has 0 atom stereocenters. The first-order chi connectivity index (χ1) is 30.1. The molecule has 4 aromatic heterocycles. The van der Waals surface area contributed by atoms with Crippen LogP contribution in [0.5, 0.6) is 0 Å². The van der Waals surface area contributed by atoms with E-state index in [9.17, 15) is 0 Å². The second-order valence-electron chi connectivity index (χ2n) is 17.6. The van der Waals surface area contributed by atoms with Gasteiger partial charge in [-0.1, -0.05) is 61.4 Å². The molecule has 6 aromatic rings. The number of oxazole rings is 2. The standard InChI is InChI=1S/C24H29N5O.C16H21BrN4O.C8H9N/c1-4-10-27(11-5-1)20-8-12-28(13-9-20)24-26-23-22(30-24)14-21(15-25-23)29-16-18-6-2-3-7-19(18)17-29;17-12-10-14-15(18-11-12)19-16(22-14)21-8-4-13(5-9-21)20-6-2-1-3-7-20;1-2-4-8-6-9-5-7(8)3-1/h2-3,6-7,14-15,20H,1,4-5,8-13,16-17H2;10-11,13H,1-9H2;1-4,9H,5-6H2. The second-order valence-corrected chi connectivity index (χ2v) is 18.5. The predicted octanol–water partition coefficient (Wildman–Crippen LogP) is 8.93. The molecule has 4 saturated heterocycles. The molecule has 2 aromatic carbocycles. The number of nitrogens with one attached hydrogen (secondary N) is 1. The third kappa shape index (κ3) is 9.45. The van der Waals surface area contributed by atoms with Gasteiger partial charge < -0.3 is 38.7 Å². The molecule has 0 amide bonds. The number of nitrogens with zero attached hydrogens (tertiary/aromatic N) is 9. The van der Waals surface area contributed by atoms with Crippen LogP contribution in [-0.2, 0) is 26.2 Å². The van der Waals surface area contributed by atoms with Gasteiger partial charge >= 0.3 is 0 Å². The Balaban J connectivity index is 0.000000125. The first kappa shape index (κ1) is 40.5. The van der Waals surface area contributed by atoms with E-state index in [0.717, 1.165) is 97.8 Å². The molecular weight excluding hydrogens is 828 g/mol. The number of anilines is 3. The summed E-state index contributed by atoms with van der Waals surface area (Å²) in [6.45, 7) is 13.2. The van der Waals surface area contributed by atoms with Crippen LogP contribution in [0.1, 0.15) is 86.5 Å². The fourth-order valence-corrected chi connectivity index (χ4v) is 10.5. The molecule has 6 aliphatic heterocycles. The molecule has 0 spiro atoms. The van der Waals surface area contributed by atoms with E-state index in [2.05, 4.69) is 115 Å². The van der Waals surface area contributed by atoms with E-state index in [0.29, 0.717) is 11.3 Å². The molecule has 61 heavy (non-hydrogen) atoms. The zero-order valence-electron chi connectivity index (χ0n) is 35.4. The molecule has 0 radical (unpaired) electrons. The lowest BCUT2D eigenvalue weighted by atomic mass is 10.0. The normalized spacial score (nSPS) is 20.3.